The number of hydrogen-bond acceptors (Lipinski definition) is 3. The number of ether oxygens (including phenoxy) is 1. The van der Waals surface area contributed by atoms with E-state index in [1.54, 1.807) is 12.4 Å². The number of hydrogen-bond donors (Lipinski definition) is 1. The van der Waals surface area contributed by atoms with Crippen LogP contribution in [0.3, 0.4) is 0 Å². The number of rotatable bonds is 6. The van der Waals surface area contributed by atoms with Gasteiger partial charge in [0, 0.05) is 18.4 Å². The van der Waals surface area contributed by atoms with Gasteiger partial charge in [0.25, 0.3) is 0 Å². The molecule has 3 atom stereocenters. The summed E-state index contributed by atoms with van der Waals surface area (Å²) in [6, 6.07) is 2.34. The van der Waals surface area contributed by atoms with Crippen molar-refractivity contribution in [3.8, 4) is 0 Å². The van der Waals surface area contributed by atoms with Crippen molar-refractivity contribution in [3.63, 3.8) is 0 Å². The van der Waals surface area contributed by atoms with Crippen molar-refractivity contribution in [1.29, 1.82) is 0 Å². The van der Waals surface area contributed by atoms with Gasteiger partial charge in [0.1, 0.15) is 0 Å². The van der Waals surface area contributed by atoms with Crippen molar-refractivity contribution >= 4 is 11.6 Å². The molecule has 0 saturated carbocycles. The highest BCUT2D eigenvalue weighted by Gasteiger charge is 2.29. The van der Waals surface area contributed by atoms with Crippen LogP contribution in [0.4, 0.5) is 0 Å². The Kier molecular flexibility index (Phi) is 5.61. The van der Waals surface area contributed by atoms with Gasteiger partial charge >= 0.3 is 0 Å². The molecule has 0 bridgehead atoms. The van der Waals surface area contributed by atoms with E-state index in [-0.39, 0.29) is 0 Å². The second kappa shape index (κ2) is 7.22. The molecular weight excluding hydrogens is 260 g/mol. The number of nitrogens with one attached hydrogen (secondary N) is 1. The van der Waals surface area contributed by atoms with Crippen LogP contribution in [0.5, 0.6) is 0 Å². The Bertz CT molecular complexity index is 399. The molecule has 1 N–H and O–H groups in total. The van der Waals surface area contributed by atoms with Gasteiger partial charge in [-0.05, 0) is 50.8 Å². The average molecular weight is 283 g/mol. The maximum Gasteiger partial charge on any atom is 0.0735 e. The lowest BCUT2D eigenvalue weighted by Crippen LogP contribution is -2.42. The maximum absolute atomic E-state index is 6.21. The van der Waals surface area contributed by atoms with E-state index in [4.69, 9.17) is 16.3 Å². The molecule has 4 heteroatoms. The zero-order valence-electron chi connectivity index (χ0n) is 11.7. The molecule has 1 saturated heterocycles. The fourth-order valence-corrected chi connectivity index (χ4v) is 2.80. The number of nitrogens with zero attached hydrogens (tertiary/aromatic N) is 1. The molecule has 0 radical (unpaired) electrons. The molecule has 0 spiro atoms. The molecule has 3 unspecified atom stereocenters. The van der Waals surface area contributed by atoms with E-state index in [1.165, 1.54) is 0 Å². The van der Waals surface area contributed by atoms with Crippen molar-refractivity contribution in [3.05, 3.63) is 29.0 Å². The van der Waals surface area contributed by atoms with E-state index < -0.39 is 0 Å². The zero-order chi connectivity index (χ0) is 13.7. The molecule has 2 rings (SSSR count). The Morgan fingerprint density at radius 3 is 3.00 bits per heavy atom. The third-order valence-electron chi connectivity index (χ3n) is 3.67. The minimum Gasteiger partial charge on any atom is -0.374 e. The van der Waals surface area contributed by atoms with Crippen LogP contribution in [0.1, 0.15) is 38.7 Å². The minimum absolute atomic E-state index is 0.297. The molecule has 2 heterocycles. The van der Waals surface area contributed by atoms with Crippen molar-refractivity contribution in [2.75, 3.05) is 6.54 Å². The molecule has 3 nitrogen and oxygen atoms in total. The van der Waals surface area contributed by atoms with Crippen molar-refractivity contribution in [2.45, 2.75) is 57.8 Å². The Morgan fingerprint density at radius 2 is 2.37 bits per heavy atom. The van der Waals surface area contributed by atoms with E-state index in [0.29, 0.717) is 18.2 Å². The minimum atomic E-state index is 0.297. The van der Waals surface area contributed by atoms with E-state index in [2.05, 4.69) is 24.1 Å². The van der Waals surface area contributed by atoms with E-state index in [9.17, 15) is 0 Å². The molecular formula is C15H23ClN2O. The third kappa shape index (κ3) is 4.16. The molecule has 19 heavy (non-hydrogen) atoms. The van der Waals surface area contributed by atoms with Gasteiger partial charge in [0.05, 0.1) is 17.2 Å². The average Bonchev–Trinajstić information content (AvgIpc) is 2.83. The first-order valence-corrected chi connectivity index (χ1v) is 7.55. The number of aromatic nitrogens is 1. The predicted octanol–water partition coefficient (Wildman–Crippen LogP) is 3.21. The largest absolute Gasteiger partial charge is 0.374 e. The SMILES string of the molecule is CCCNC(Cc1ccncc1Cl)C1CCC(C)O1. The highest BCUT2D eigenvalue weighted by atomic mass is 35.5. The smallest absolute Gasteiger partial charge is 0.0735 e. The van der Waals surface area contributed by atoms with Gasteiger partial charge in [-0.15, -0.1) is 0 Å². The Balaban J connectivity index is 2.03. The summed E-state index contributed by atoms with van der Waals surface area (Å²) in [5, 5.41) is 4.35. The lowest BCUT2D eigenvalue weighted by atomic mass is 9.99. The molecule has 106 valence electrons. The zero-order valence-corrected chi connectivity index (χ0v) is 12.5. The van der Waals surface area contributed by atoms with E-state index in [0.717, 1.165) is 42.8 Å². The van der Waals surface area contributed by atoms with Gasteiger partial charge in [0.2, 0.25) is 0 Å². The normalized spacial score (nSPS) is 24.6. The topological polar surface area (TPSA) is 34.2 Å². The standard InChI is InChI=1S/C15H23ClN2O/c1-3-7-18-14(15-5-4-11(2)19-15)9-12-6-8-17-10-13(12)16/h6,8,10-11,14-15,18H,3-5,7,9H2,1-2H3. The van der Waals surface area contributed by atoms with Crippen LogP contribution in [0.2, 0.25) is 5.02 Å². The first kappa shape index (κ1) is 14.8. The number of halogens is 1. The van der Waals surface area contributed by atoms with Crippen LogP contribution >= 0.6 is 11.6 Å². The summed E-state index contributed by atoms with van der Waals surface area (Å²) in [6.07, 6.45) is 8.50. The lowest BCUT2D eigenvalue weighted by Gasteiger charge is -2.25. The van der Waals surface area contributed by atoms with E-state index >= 15 is 0 Å². The van der Waals surface area contributed by atoms with Crippen molar-refractivity contribution < 1.29 is 4.74 Å². The molecule has 1 aliphatic heterocycles. The first-order valence-electron chi connectivity index (χ1n) is 7.18. The fourth-order valence-electron chi connectivity index (χ4n) is 2.60. The summed E-state index contributed by atoms with van der Waals surface area (Å²) < 4.78 is 6.01. The molecule has 1 fully saturated rings. The van der Waals surface area contributed by atoms with Crippen LogP contribution in [-0.4, -0.2) is 29.8 Å². The quantitative estimate of drug-likeness (QED) is 0.870. The Hall–Kier alpha value is -0.640. The molecule has 1 aromatic rings. The summed E-state index contributed by atoms with van der Waals surface area (Å²) >= 11 is 6.21. The second-order valence-corrected chi connectivity index (χ2v) is 5.70. The molecule has 0 aliphatic carbocycles. The highest BCUT2D eigenvalue weighted by Crippen LogP contribution is 2.25. The van der Waals surface area contributed by atoms with Crippen molar-refractivity contribution in [1.82, 2.24) is 10.3 Å². The van der Waals surface area contributed by atoms with Crippen LogP contribution in [0.15, 0.2) is 18.5 Å². The van der Waals surface area contributed by atoms with Crippen molar-refractivity contribution in [2.24, 2.45) is 0 Å². The van der Waals surface area contributed by atoms with Gasteiger partial charge in [-0.1, -0.05) is 18.5 Å². The molecule has 0 aromatic carbocycles. The molecule has 1 aliphatic rings. The van der Waals surface area contributed by atoms with Gasteiger partial charge in [-0.3, -0.25) is 4.98 Å². The Labute approximate surface area is 120 Å². The second-order valence-electron chi connectivity index (χ2n) is 5.29. The van der Waals surface area contributed by atoms with Gasteiger partial charge in [-0.25, -0.2) is 0 Å². The highest BCUT2D eigenvalue weighted by molar-refractivity contribution is 6.31. The maximum atomic E-state index is 6.21. The molecule has 0 amide bonds. The van der Waals surface area contributed by atoms with Gasteiger partial charge in [-0.2, -0.15) is 0 Å². The van der Waals surface area contributed by atoms with Crippen LogP contribution in [0.25, 0.3) is 0 Å². The number of pyridine rings is 1. The third-order valence-corrected chi connectivity index (χ3v) is 4.01. The van der Waals surface area contributed by atoms with Gasteiger partial charge < -0.3 is 10.1 Å². The summed E-state index contributed by atoms with van der Waals surface area (Å²) in [6.45, 7) is 5.35. The predicted molar refractivity (Wildman–Crippen MR) is 78.6 cm³/mol. The summed E-state index contributed by atoms with van der Waals surface area (Å²) in [5.74, 6) is 0. The Morgan fingerprint density at radius 1 is 1.53 bits per heavy atom. The van der Waals surface area contributed by atoms with Crippen LogP contribution in [-0.2, 0) is 11.2 Å². The fraction of sp³-hybridized carbons (Fsp3) is 0.667. The summed E-state index contributed by atoms with van der Waals surface area (Å²) in [7, 11) is 0. The summed E-state index contributed by atoms with van der Waals surface area (Å²) in [5.41, 5.74) is 1.15. The summed E-state index contributed by atoms with van der Waals surface area (Å²) in [4.78, 5) is 4.04. The van der Waals surface area contributed by atoms with Crippen LogP contribution in [0, 0.1) is 0 Å². The lowest BCUT2D eigenvalue weighted by molar-refractivity contribution is 0.0321. The van der Waals surface area contributed by atoms with E-state index in [1.807, 2.05) is 6.07 Å². The monoisotopic (exact) mass is 282 g/mol. The molecule has 1 aromatic heterocycles. The van der Waals surface area contributed by atoms with Crippen LogP contribution < -0.4 is 5.32 Å². The first-order chi connectivity index (χ1) is 9.20. The van der Waals surface area contributed by atoms with Gasteiger partial charge in [0.15, 0.2) is 0 Å².